The molecule has 0 fully saturated rings. The SMILES string of the molecule is Cc1cc(CN(C)C(CC(=O)O)c2ccc(Cl)cc2)ccc1OCCn1c(=O)ccn(C)c1=O. The number of carboxylic acid groups (broad SMARTS) is 1. The van der Waals surface area contributed by atoms with Crippen molar-refractivity contribution in [3.8, 4) is 5.75 Å². The van der Waals surface area contributed by atoms with E-state index in [1.807, 2.05) is 49.2 Å². The fourth-order valence-electron chi connectivity index (χ4n) is 3.82. The van der Waals surface area contributed by atoms with Crippen LogP contribution in [0.25, 0.3) is 0 Å². The summed E-state index contributed by atoms with van der Waals surface area (Å²) in [6, 6.07) is 14.0. The summed E-state index contributed by atoms with van der Waals surface area (Å²) in [5.41, 5.74) is 2.04. The van der Waals surface area contributed by atoms with Gasteiger partial charge in [0.05, 0.1) is 13.0 Å². The molecule has 0 saturated carbocycles. The molecule has 3 rings (SSSR count). The molecule has 9 heteroatoms. The van der Waals surface area contributed by atoms with E-state index >= 15 is 0 Å². The van der Waals surface area contributed by atoms with Gasteiger partial charge in [0.2, 0.25) is 0 Å². The van der Waals surface area contributed by atoms with Crippen LogP contribution in [0.2, 0.25) is 5.02 Å². The second-order valence-electron chi connectivity index (χ2n) is 8.23. The van der Waals surface area contributed by atoms with Crippen LogP contribution in [0, 0.1) is 6.92 Å². The van der Waals surface area contributed by atoms with Gasteiger partial charge in [0.25, 0.3) is 5.56 Å². The first-order valence-corrected chi connectivity index (χ1v) is 11.2. The number of hydrogen-bond acceptors (Lipinski definition) is 5. The highest BCUT2D eigenvalue weighted by atomic mass is 35.5. The number of hydrogen-bond donors (Lipinski definition) is 1. The van der Waals surface area contributed by atoms with Gasteiger partial charge in [-0.15, -0.1) is 0 Å². The maximum atomic E-state index is 12.1. The molecule has 0 amide bonds. The zero-order valence-electron chi connectivity index (χ0n) is 19.4. The summed E-state index contributed by atoms with van der Waals surface area (Å²) in [6.07, 6.45) is 1.41. The van der Waals surface area contributed by atoms with Crippen molar-refractivity contribution in [1.82, 2.24) is 14.0 Å². The summed E-state index contributed by atoms with van der Waals surface area (Å²) in [5.74, 6) is -0.217. The molecule has 1 heterocycles. The monoisotopic (exact) mass is 485 g/mol. The second kappa shape index (κ2) is 11.2. The normalized spacial score (nSPS) is 12.0. The molecule has 2 aromatic carbocycles. The Morgan fingerprint density at radius 3 is 2.50 bits per heavy atom. The van der Waals surface area contributed by atoms with Gasteiger partial charge in [0.1, 0.15) is 12.4 Å². The molecule has 0 aliphatic carbocycles. The first-order valence-electron chi connectivity index (χ1n) is 10.8. The predicted octanol–water partition coefficient (Wildman–Crippen LogP) is 3.24. The molecule has 1 unspecified atom stereocenters. The van der Waals surface area contributed by atoms with E-state index in [4.69, 9.17) is 16.3 Å². The Morgan fingerprint density at radius 2 is 1.85 bits per heavy atom. The largest absolute Gasteiger partial charge is 0.491 e. The lowest BCUT2D eigenvalue weighted by molar-refractivity contribution is -0.138. The van der Waals surface area contributed by atoms with Gasteiger partial charge in [-0.05, 0) is 48.9 Å². The van der Waals surface area contributed by atoms with Gasteiger partial charge in [-0.1, -0.05) is 35.9 Å². The predicted molar refractivity (Wildman–Crippen MR) is 131 cm³/mol. The van der Waals surface area contributed by atoms with E-state index in [-0.39, 0.29) is 36.9 Å². The van der Waals surface area contributed by atoms with Crippen molar-refractivity contribution in [2.45, 2.75) is 32.5 Å². The molecular formula is C25H28ClN3O5. The number of nitrogens with zero attached hydrogens (tertiary/aromatic N) is 3. The third-order valence-corrected chi connectivity index (χ3v) is 5.89. The molecule has 3 aromatic rings. The average molecular weight is 486 g/mol. The molecule has 0 aliphatic heterocycles. The van der Waals surface area contributed by atoms with Crippen LogP contribution in [-0.2, 0) is 24.9 Å². The van der Waals surface area contributed by atoms with E-state index in [1.165, 1.54) is 16.8 Å². The average Bonchev–Trinajstić information content (AvgIpc) is 2.79. The minimum absolute atomic E-state index is 0.0311. The fourth-order valence-corrected chi connectivity index (χ4v) is 3.94. The van der Waals surface area contributed by atoms with E-state index in [1.54, 1.807) is 19.2 Å². The molecule has 34 heavy (non-hydrogen) atoms. The van der Waals surface area contributed by atoms with Crippen LogP contribution in [-0.4, -0.2) is 38.8 Å². The molecule has 0 spiro atoms. The van der Waals surface area contributed by atoms with E-state index in [2.05, 4.69) is 0 Å². The molecule has 0 saturated heterocycles. The molecule has 8 nitrogen and oxygen atoms in total. The highest BCUT2D eigenvalue weighted by Crippen LogP contribution is 2.27. The minimum Gasteiger partial charge on any atom is -0.491 e. The summed E-state index contributed by atoms with van der Waals surface area (Å²) in [4.78, 5) is 37.5. The highest BCUT2D eigenvalue weighted by Gasteiger charge is 2.21. The van der Waals surface area contributed by atoms with Crippen molar-refractivity contribution in [2.24, 2.45) is 7.05 Å². The molecular weight excluding hydrogens is 458 g/mol. The van der Waals surface area contributed by atoms with Gasteiger partial charge >= 0.3 is 11.7 Å². The van der Waals surface area contributed by atoms with Gasteiger partial charge in [0.15, 0.2) is 0 Å². The lowest BCUT2D eigenvalue weighted by atomic mass is 10.0. The van der Waals surface area contributed by atoms with Crippen LogP contribution in [0.4, 0.5) is 0 Å². The zero-order chi connectivity index (χ0) is 24.8. The van der Waals surface area contributed by atoms with E-state index < -0.39 is 5.97 Å². The molecule has 1 N–H and O–H groups in total. The van der Waals surface area contributed by atoms with Crippen molar-refractivity contribution in [1.29, 1.82) is 0 Å². The number of rotatable bonds is 10. The Balaban J connectivity index is 1.67. The summed E-state index contributed by atoms with van der Waals surface area (Å²) < 4.78 is 8.30. The van der Waals surface area contributed by atoms with Gasteiger partial charge < -0.3 is 14.4 Å². The van der Waals surface area contributed by atoms with Crippen LogP contribution < -0.4 is 16.0 Å². The van der Waals surface area contributed by atoms with Crippen molar-refractivity contribution in [3.05, 3.63) is 97.3 Å². The number of aliphatic carboxylic acids is 1. The second-order valence-corrected chi connectivity index (χ2v) is 8.66. The Labute approximate surface area is 202 Å². The quantitative estimate of drug-likeness (QED) is 0.474. The minimum atomic E-state index is -0.876. The number of benzene rings is 2. The molecule has 1 aromatic heterocycles. The smallest absolute Gasteiger partial charge is 0.330 e. The zero-order valence-corrected chi connectivity index (χ0v) is 20.2. The maximum Gasteiger partial charge on any atom is 0.330 e. The van der Waals surface area contributed by atoms with Crippen LogP contribution in [0.15, 0.2) is 64.3 Å². The van der Waals surface area contributed by atoms with Crippen molar-refractivity contribution >= 4 is 17.6 Å². The standard InChI is InChI=1S/C25H28ClN3O5/c1-17-14-18(16-28(3)21(15-24(31)32)19-5-7-20(26)8-6-19)4-9-22(17)34-13-12-29-23(30)10-11-27(2)25(29)33/h4-11,14,21H,12-13,15-16H2,1-3H3,(H,31,32). The molecule has 0 bridgehead atoms. The summed E-state index contributed by atoms with van der Waals surface area (Å²) >= 11 is 5.98. The number of carbonyl (C=O) groups is 1. The van der Waals surface area contributed by atoms with Crippen molar-refractivity contribution in [2.75, 3.05) is 13.7 Å². The lowest BCUT2D eigenvalue weighted by Crippen LogP contribution is -2.39. The summed E-state index contributed by atoms with van der Waals surface area (Å²) in [5, 5.41) is 10.00. The number of carboxylic acids is 1. The molecule has 0 radical (unpaired) electrons. The maximum absolute atomic E-state index is 12.1. The van der Waals surface area contributed by atoms with Gasteiger partial charge in [-0.2, -0.15) is 0 Å². The molecule has 180 valence electrons. The van der Waals surface area contributed by atoms with Crippen LogP contribution >= 0.6 is 11.6 Å². The van der Waals surface area contributed by atoms with E-state index in [9.17, 15) is 19.5 Å². The third-order valence-electron chi connectivity index (χ3n) is 5.64. The van der Waals surface area contributed by atoms with Crippen LogP contribution in [0.5, 0.6) is 5.75 Å². The topological polar surface area (TPSA) is 93.8 Å². The Kier molecular flexibility index (Phi) is 8.31. The number of halogens is 1. The van der Waals surface area contributed by atoms with Gasteiger partial charge in [-0.25, -0.2) is 4.79 Å². The van der Waals surface area contributed by atoms with Crippen molar-refractivity contribution < 1.29 is 14.6 Å². The van der Waals surface area contributed by atoms with E-state index in [0.29, 0.717) is 17.3 Å². The number of aromatic nitrogens is 2. The third kappa shape index (κ3) is 6.36. The summed E-state index contributed by atoms with van der Waals surface area (Å²) in [6.45, 7) is 2.78. The highest BCUT2D eigenvalue weighted by molar-refractivity contribution is 6.30. The van der Waals surface area contributed by atoms with Gasteiger partial charge in [0, 0.05) is 36.9 Å². The van der Waals surface area contributed by atoms with Crippen LogP contribution in [0.1, 0.15) is 29.2 Å². The Bertz CT molecular complexity index is 1270. The number of ether oxygens (including phenoxy) is 1. The van der Waals surface area contributed by atoms with Gasteiger partial charge in [-0.3, -0.25) is 19.1 Å². The Morgan fingerprint density at radius 1 is 1.15 bits per heavy atom. The number of aryl methyl sites for hydroxylation is 2. The fraction of sp³-hybridized carbons (Fsp3) is 0.320. The lowest BCUT2D eigenvalue weighted by Gasteiger charge is -2.27. The summed E-state index contributed by atoms with van der Waals surface area (Å²) in [7, 11) is 3.48. The molecule has 0 aliphatic rings. The van der Waals surface area contributed by atoms with Crippen LogP contribution in [0.3, 0.4) is 0 Å². The first-order chi connectivity index (χ1) is 16.2. The van der Waals surface area contributed by atoms with Crippen molar-refractivity contribution in [3.63, 3.8) is 0 Å². The molecule has 1 atom stereocenters. The van der Waals surface area contributed by atoms with E-state index in [0.717, 1.165) is 21.3 Å². The first kappa shape index (κ1) is 25.3. The Hall–Kier alpha value is -3.36.